The van der Waals surface area contributed by atoms with Crippen LogP contribution >= 0.6 is 27.7 Å². The van der Waals surface area contributed by atoms with E-state index in [-0.39, 0.29) is 18.4 Å². The van der Waals surface area contributed by atoms with E-state index in [1.165, 1.54) is 0 Å². The van der Waals surface area contributed by atoms with Gasteiger partial charge in [0.1, 0.15) is 0 Å². The summed E-state index contributed by atoms with van der Waals surface area (Å²) >= 11 is 5.14. The third kappa shape index (κ3) is 3.70. The minimum Gasteiger partial charge on any atom is -0.481 e. The fourth-order valence-corrected chi connectivity index (χ4v) is 4.25. The molecule has 1 aliphatic rings. The molecule has 0 spiro atoms. The number of carboxylic acids is 1. The van der Waals surface area contributed by atoms with Crippen molar-refractivity contribution in [3.8, 4) is 0 Å². The minimum absolute atomic E-state index is 0.000726. The highest BCUT2D eigenvalue weighted by molar-refractivity contribution is 9.10. The number of carboxylic acid groups (broad SMARTS) is 1. The Morgan fingerprint density at radius 1 is 1.22 bits per heavy atom. The summed E-state index contributed by atoms with van der Waals surface area (Å²) in [6.45, 7) is 0.597. The van der Waals surface area contributed by atoms with Crippen molar-refractivity contribution in [1.29, 1.82) is 0 Å². The maximum absolute atomic E-state index is 12.8. The molecule has 0 aliphatic carbocycles. The lowest BCUT2D eigenvalue weighted by Gasteiger charge is -2.34. The third-order valence-electron chi connectivity index (χ3n) is 3.95. The van der Waals surface area contributed by atoms with Crippen LogP contribution < -0.4 is 0 Å². The van der Waals surface area contributed by atoms with E-state index in [1.807, 2.05) is 36.4 Å². The molecule has 1 atom stereocenters. The zero-order valence-electron chi connectivity index (χ0n) is 12.4. The van der Waals surface area contributed by atoms with Crippen LogP contribution in [0.15, 0.2) is 40.9 Å². The standard InChI is InChI=1S/C17H16BrNO3S/c18-14-4-3-11-7-13(2-1-12(11)8-14)17(22)19-5-6-23-10-15(19)9-16(20)21/h1-4,7-8,15H,5-6,9-10H2,(H,20,21). The van der Waals surface area contributed by atoms with Crippen LogP contribution in [0.3, 0.4) is 0 Å². The number of halogens is 1. The van der Waals surface area contributed by atoms with E-state index < -0.39 is 5.97 Å². The van der Waals surface area contributed by atoms with E-state index >= 15 is 0 Å². The number of carbonyl (C=O) groups is 2. The second kappa shape index (κ2) is 6.93. The molecule has 0 saturated carbocycles. The highest BCUT2D eigenvalue weighted by atomic mass is 79.9. The predicted octanol–water partition coefficient (Wildman–Crippen LogP) is 3.63. The van der Waals surface area contributed by atoms with Crippen molar-refractivity contribution in [2.45, 2.75) is 12.5 Å². The number of hydrogen-bond donors (Lipinski definition) is 1. The summed E-state index contributed by atoms with van der Waals surface area (Å²) < 4.78 is 0.999. The molecule has 1 unspecified atom stereocenters. The van der Waals surface area contributed by atoms with Gasteiger partial charge in [-0.05, 0) is 35.0 Å². The van der Waals surface area contributed by atoms with Crippen molar-refractivity contribution >= 4 is 50.3 Å². The maximum atomic E-state index is 12.8. The monoisotopic (exact) mass is 393 g/mol. The van der Waals surface area contributed by atoms with Crippen LogP contribution in [0.5, 0.6) is 0 Å². The summed E-state index contributed by atoms with van der Waals surface area (Å²) in [5.41, 5.74) is 0.613. The molecule has 120 valence electrons. The Morgan fingerprint density at radius 2 is 1.96 bits per heavy atom. The molecule has 1 aliphatic heterocycles. The second-order valence-corrected chi connectivity index (χ2v) is 7.60. The first kappa shape index (κ1) is 16.3. The Morgan fingerprint density at radius 3 is 2.74 bits per heavy atom. The molecule has 0 radical (unpaired) electrons. The van der Waals surface area contributed by atoms with Crippen LogP contribution in [-0.4, -0.2) is 46.0 Å². The summed E-state index contributed by atoms with van der Waals surface area (Å²) in [7, 11) is 0. The van der Waals surface area contributed by atoms with Crippen LogP contribution in [0, 0.1) is 0 Å². The molecular formula is C17H16BrNO3S. The van der Waals surface area contributed by atoms with Gasteiger partial charge in [0.15, 0.2) is 0 Å². The van der Waals surface area contributed by atoms with Crippen molar-refractivity contribution in [3.63, 3.8) is 0 Å². The smallest absolute Gasteiger partial charge is 0.305 e. The lowest BCUT2D eigenvalue weighted by molar-refractivity contribution is -0.138. The zero-order valence-corrected chi connectivity index (χ0v) is 14.8. The molecule has 1 amide bonds. The molecule has 6 heteroatoms. The average molecular weight is 394 g/mol. The Balaban J connectivity index is 1.88. The van der Waals surface area contributed by atoms with Gasteiger partial charge in [0.2, 0.25) is 0 Å². The van der Waals surface area contributed by atoms with E-state index in [2.05, 4.69) is 15.9 Å². The number of amides is 1. The van der Waals surface area contributed by atoms with E-state index in [0.717, 1.165) is 21.0 Å². The van der Waals surface area contributed by atoms with Crippen LogP contribution in [0.1, 0.15) is 16.8 Å². The number of hydrogen-bond acceptors (Lipinski definition) is 3. The van der Waals surface area contributed by atoms with E-state index in [0.29, 0.717) is 17.9 Å². The fraction of sp³-hybridized carbons (Fsp3) is 0.294. The maximum Gasteiger partial charge on any atom is 0.305 e. The second-order valence-electron chi connectivity index (χ2n) is 5.53. The molecule has 0 bridgehead atoms. The summed E-state index contributed by atoms with van der Waals surface area (Å²) in [4.78, 5) is 25.6. The number of thioether (sulfide) groups is 1. The Kier molecular flexibility index (Phi) is 4.92. The number of rotatable bonds is 3. The van der Waals surface area contributed by atoms with Crippen LogP contribution in [0.25, 0.3) is 10.8 Å². The third-order valence-corrected chi connectivity index (χ3v) is 5.53. The largest absolute Gasteiger partial charge is 0.481 e. The molecule has 1 saturated heterocycles. The Labute approximate surface area is 147 Å². The Hall–Kier alpha value is -1.53. The summed E-state index contributed by atoms with van der Waals surface area (Å²) in [5.74, 6) is 0.584. The first-order valence-electron chi connectivity index (χ1n) is 7.34. The molecule has 1 fully saturated rings. The van der Waals surface area contributed by atoms with Crippen molar-refractivity contribution < 1.29 is 14.7 Å². The van der Waals surface area contributed by atoms with Gasteiger partial charge in [0.05, 0.1) is 12.5 Å². The molecule has 1 heterocycles. The molecule has 23 heavy (non-hydrogen) atoms. The lowest BCUT2D eigenvalue weighted by Crippen LogP contribution is -2.47. The summed E-state index contributed by atoms with van der Waals surface area (Å²) in [6.07, 6.45) is -0.000726. The van der Waals surface area contributed by atoms with Gasteiger partial charge in [-0.2, -0.15) is 11.8 Å². The van der Waals surface area contributed by atoms with Crippen molar-refractivity contribution in [2.75, 3.05) is 18.1 Å². The first-order valence-corrected chi connectivity index (χ1v) is 9.29. The van der Waals surface area contributed by atoms with E-state index in [9.17, 15) is 9.59 Å². The number of nitrogens with zero attached hydrogens (tertiary/aromatic N) is 1. The van der Waals surface area contributed by atoms with Gasteiger partial charge >= 0.3 is 5.97 Å². The normalized spacial score (nSPS) is 18.1. The molecule has 2 aromatic carbocycles. The minimum atomic E-state index is -0.862. The van der Waals surface area contributed by atoms with E-state index in [4.69, 9.17) is 5.11 Å². The lowest BCUT2D eigenvalue weighted by atomic mass is 10.1. The Bertz CT molecular complexity index is 765. The van der Waals surface area contributed by atoms with Crippen molar-refractivity contribution in [2.24, 2.45) is 0 Å². The molecule has 4 nitrogen and oxygen atoms in total. The molecular weight excluding hydrogens is 378 g/mol. The SMILES string of the molecule is O=C(O)CC1CSCCN1C(=O)c1ccc2cc(Br)ccc2c1. The van der Waals surface area contributed by atoms with Crippen molar-refractivity contribution in [1.82, 2.24) is 4.90 Å². The van der Waals surface area contributed by atoms with Gasteiger partial charge in [0, 0.05) is 28.1 Å². The number of fused-ring (bicyclic) bond motifs is 1. The van der Waals surface area contributed by atoms with Gasteiger partial charge in [0.25, 0.3) is 5.91 Å². The molecule has 1 N–H and O–H groups in total. The average Bonchev–Trinajstić information content (AvgIpc) is 2.53. The van der Waals surface area contributed by atoms with Crippen LogP contribution in [0.4, 0.5) is 0 Å². The van der Waals surface area contributed by atoms with Crippen LogP contribution in [0.2, 0.25) is 0 Å². The zero-order chi connectivity index (χ0) is 16.4. The highest BCUT2D eigenvalue weighted by Crippen LogP contribution is 2.24. The number of carbonyl (C=O) groups excluding carboxylic acids is 1. The quantitative estimate of drug-likeness (QED) is 0.864. The van der Waals surface area contributed by atoms with Gasteiger partial charge < -0.3 is 10.0 Å². The van der Waals surface area contributed by atoms with Gasteiger partial charge in [-0.25, -0.2) is 0 Å². The number of aliphatic carboxylic acids is 1. The first-order chi connectivity index (χ1) is 11.0. The summed E-state index contributed by atoms with van der Waals surface area (Å²) in [5, 5.41) is 11.1. The van der Waals surface area contributed by atoms with E-state index in [1.54, 1.807) is 16.7 Å². The van der Waals surface area contributed by atoms with Gasteiger partial charge in [-0.15, -0.1) is 0 Å². The highest BCUT2D eigenvalue weighted by Gasteiger charge is 2.29. The van der Waals surface area contributed by atoms with Crippen molar-refractivity contribution in [3.05, 3.63) is 46.4 Å². The summed E-state index contributed by atoms with van der Waals surface area (Å²) in [6, 6.07) is 11.3. The predicted molar refractivity (Wildman–Crippen MR) is 96.1 cm³/mol. The fourth-order valence-electron chi connectivity index (χ4n) is 2.81. The van der Waals surface area contributed by atoms with Gasteiger partial charge in [-0.3, -0.25) is 9.59 Å². The molecule has 3 rings (SSSR count). The topological polar surface area (TPSA) is 57.6 Å². The molecule has 0 aromatic heterocycles. The van der Waals surface area contributed by atoms with Crippen LogP contribution in [-0.2, 0) is 4.79 Å². The molecule has 2 aromatic rings. The number of benzene rings is 2. The van der Waals surface area contributed by atoms with Gasteiger partial charge in [-0.1, -0.05) is 28.1 Å².